The van der Waals surface area contributed by atoms with Gasteiger partial charge in [-0.2, -0.15) is 0 Å². The van der Waals surface area contributed by atoms with E-state index in [-0.39, 0.29) is 17.9 Å². The van der Waals surface area contributed by atoms with Crippen molar-refractivity contribution in [1.82, 2.24) is 10.2 Å². The highest BCUT2D eigenvalue weighted by Gasteiger charge is 2.49. The van der Waals surface area contributed by atoms with Gasteiger partial charge in [-0.25, -0.2) is 0 Å². The van der Waals surface area contributed by atoms with E-state index >= 15 is 0 Å². The highest BCUT2D eigenvalue weighted by Crippen LogP contribution is 2.32. The summed E-state index contributed by atoms with van der Waals surface area (Å²) in [6.45, 7) is 6.31. The Morgan fingerprint density at radius 1 is 1.29 bits per heavy atom. The van der Waals surface area contributed by atoms with E-state index in [9.17, 15) is 9.59 Å². The molecular formula is C17H28N2O2. The van der Waals surface area contributed by atoms with Crippen molar-refractivity contribution in [3.05, 3.63) is 12.2 Å². The van der Waals surface area contributed by atoms with Crippen molar-refractivity contribution >= 4 is 11.8 Å². The number of carbonyl (C=O) groups is 2. The number of carbonyl (C=O) groups excluding carboxylic acids is 2. The molecule has 4 heteroatoms. The van der Waals surface area contributed by atoms with E-state index in [1.807, 2.05) is 32.9 Å². The van der Waals surface area contributed by atoms with Crippen LogP contribution in [0.5, 0.6) is 0 Å². The van der Waals surface area contributed by atoms with Crippen LogP contribution in [0.4, 0.5) is 0 Å². The average Bonchev–Trinajstić information content (AvgIpc) is 2.51. The van der Waals surface area contributed by atoms with Crippen LogP contribution in [-0.4, -0.2) is 34.8 Å². The van der Waals surface area contributed by atoms with Gasteiger partial charge in [0.25, 0.3) is 0 Å². The lowest BCUT2D eigenvalue weighted by atomic mass is 9.80. The Morgan fingerprint density at radius 2 is 1.95 bits per heavy atom. The van der Waals surface area contributed by atoms with Gasteiger partial charge in [-0.05, 0) is 39.0 Å². The number of amides is 2. The molecule has 2 aliphatic rings. The van der Waals surface area contributed by atoms with Gasteiger partial charge in [0.2, 0.25) is 11.8 Å². The summed E-state index contributed by atoms with van der Waals surface area (Å²) in [4.78, 5) is 27.3. The standard InChI is InChI=1S/C17H28N2O2/c1-4-6-12-19-15(20)14(13-10-8-7-9-11-13)18-16(21)17(19,3)5-2/h4,6,13-14H,5,7-12H2,1-3H3,(H,18,21)/b6-4+. The van der Waals surface area contributed by atoms with Crippen LogP contribution in [0.3, 0.4) is 0 Å². The molecule has 2 amide bonds. The van der Waals surface area contributed by atoms with Crippen molar-refractivity contribution in [3.8, 4) is 0 Å². The van der Waals surface area contributed by atoms with Gasteiger partial charge in [-0.3, -0.25) is 9.59 Å². The van der Waals surface area contributed by atoms with Gasteiger partial charge in [0, 0.05) is 6.54 Å². The number of hydrogen-bond acceptors (Lipinski definition) is 2. The highest BCUT2D eigenvalue weighted by molar-refractivity contribution is 5.99. The number of rotatable bonds is 4. The van der Waals surface area contributed by atoms with Crippen LogP contribution in [0.15, 0.2) is 12.2 Å². The molecule has 2 unspecified atom stereocenters. The van der Waals surface area contributed by atoms with E-state index in [1.165, 1.54) is 19.3 Å². The second kappa shape index (κ2) is 6.63. The molecule has 1 aliphatic carbocycles. The molecule has 0 bridgehead atoms. The maximum Gasteiger partial charge on any atom is 0.246 e. The zero-order valence-corrected chi connectivity index (χ0v) is 13.5. The maximum atomic E-state index is 12.9. The van der Waals surface area contributed by atoms with Crippen molar-refractivity contribution in [2.24, 2.45) is 5.92 Å². The molecule has 2 fully saturated rings. The smallest absolute Gasteiger partial charge is 0.246 e. The van der Waals surface area contributed by atoms with Gasteiger partial charge in [-0.1, -0.05) is 38.3 Å². The molecule has 1 saturated heterocycles. The first-order chi connectivity index (χ1) is 10.0. The Labute approximate surface area is 128 Å². The topological polar surface area (TPSA) is 49.4 Å². The molecule has 1 saturated carbocycles. The highest BCUT2D eigenvalue weighted by atomic mass is 16.2. The Morgan fingerprint density at radius 3 is 2.52 bits per heavy atom. The van der Waals surface area contributed by atoms with Crippen LogP contribution < -0.4 is 5.32 Å². The molecule has 2 rings (SSSR count). The average molecular weight is 292 g/mol. The van der Waals surface area contributed by atoms with E-state index in [4.69, 9.17) is 0 Å². The predicted molar refractivity (Wildman–Crippen MR) is 83.7 cm³/mol. The summed E-state index contributed by atoms with van der Waals surface area (Å²) in [5.74, 6) is 0.415. The minimum Gasteiger partial charge on any atom is -0.342 e. The van der Waals surface area contributed by atoms with Crippen LogP contribution in [0, 0.1) is 5.92 Å². The summed E-state index contributed by atoms with van der Waals surface area (Å²) in [7, 11) is 0. The lowest BCUT2D eigenvalue weighted by Crippen LogP contribution is -2.70. The largest absolute Gasteiger partial charge is 0.342 e. The molecule has 21 heavy (non-hydrogen) atoms. The van der Waals surface area contributed by atoms with Crippen molar-refractivity contribution in [2.75, 3.05) is 6.54 Å². The third-order valence-corrected chi connectivity index (χ3v) is 5.24. The zero-order valence-electron chi connectivity index (χ0n) is 13.5. The monoisotopic (exact) mass is 292 g/mol. The fourth-order valence-corrected chi connectivity index (χ4v) is 3.53. The van der Waals surface area contributed by atoms with Crippen LogP contribution in [-0.2, 0) is 9.59 Å². The third-order valence-electron chi connectivity index (χ3n) is 5.24. The summed E-state index contributed by atoms with van der Waals surface area (Å²) >= 11 is 0. The van der Waals surface area contributed by atoms with Gasteiger partial charge < -0.3 is 10.2 Å². The number of nitrogens with zero attached hydrogens (tertiary/aromatic N) is 1. The number of hydrogen-bond donors (Lipinski definition) is 1. The van der Waals surface area contributed by atoms with Gasteiger partial charge in [0.1, 0.15) is 11.6 Å². The van der Waals surface area contributed by atoms with E-state index in [2.05, 4.69) is 5.32 Å². The van der Waals surface area contributed by atoms with Gasteiger partial charge in [0.05, 0.1) is 0 Å². The van der Waals surface area contributed by atoms with Crippen LogP contribution in [0.25, 0.3) is 0 Å². The minimum absolute atomic E-state index is 0.00433. The van der Waals surface area contributed by atoms with E-state index in [0.717, 1.165) is 12.8 Å². The van der Waals surface area contributed by atoms with Crippen LogP contribution >= 0.6 is 0 Å². The number of nitrogens with one attached hydrogen (secondary N) is 1. The second-order valence-corrected chi connectivity index (χ2v) is 6.49. The fourth-order valence-electron chi connectivity index (χ4n) is 3.53. The molecular weight excluding hydrogens is 264 g/mol. The molecule has 118 valence electrons. The Bertz CT molecular complexity index is 427. The molecule has 0 radical (unpaired) electrons. The molecule has 4 nitrogen and oxygen atoms in total. The van der Waals surface area contributed by atoms with Crippen molar-refractivity contribution < 1.29 is 9.59 Å². The normalized spacial score (nSPS) is 31.8. The van der Waals surface area contributed by atoms with Gasteiger partial charge >= 0.3 is 0 Å². The molecule has 2 atom stereocenters. The summed E-state index contributed by atoms with van der Waals surface area (Å²) in [5, 5.41) is 3.03. The number of piperazine rings is 1. The summed E-state index contributed by atoms with van der Waals surface area (Å²) < 4.78 is 0. The summed E-state index contributed by atoms with van der Waals surface area (Å²) in [5.41, 5.74) is -0.720. The fraction of sp³-hybridized carbons (Fsp3) is 0.765. The van der Waals surface area contributed by atoms with Gasteiger partial charge in [0.15, 0.2) is 0 Å². The van der Waals surface area contributed by atoms with E-state index < -0.39 is 5.54 Å². The Balaban J connectivity index is 2.23. The minimum atomic E-state index is -0.720. The lowest BCUT2D eigenvalue weighted by Gasteiger charge is -2.47. The van der Waals surface area contributed by atoms with Gasteiger partial charge in [-0.15, -0.1) is 0 Å². The Hall–Kier alpha value is -1.32. The van der Waals surface area contributed by atoms with Crippen molar-refractivity contribution in [1.29, 1.82) is 0 Å². The predicted octanol–water partition coefficient (Wildman–Crippen LogP) is 2.64. The second-order valence-electron chi connectivity index (χ2n) is 6.49. The first-order valence-corrected chi connectivity index (χ1v) is 8.28. The third kappa shape index (κ3) is 2.99. The molecule has 0 aromatic carbocycles. The summed E-state index contributed by atoms with van der Waals surface area (Å²) in [6.07, 6.45) is 10.2. The molecule has 1 heterocycles. The first-order valence-electron chi connectivity index (χ1n) is 8.28. The van der Waals surface area contributed by atoms with Crippen LogP contribution in [0.2, 0.25) is 0 Å². The molecule has 0 aromatic heterocycles. The van der Waals surface area contributed by atoms with E-state index in [1.54, 1.807) is 4.90 Å². The lowest BCUT2D eigenvalue weighted by molar-refractivity contribution is -0.157. The molecule has 0 spiro atoms. The quantitative estimate of drug-likeness (QED) is 0.810. The van der Waals surface area contributed by atoms with E-state index in [0.29, 0.717) is 18.9 Å². The maximum absolute atomic E-state index is 12.9. The Kier molecular flexibility index (Phi) is 5.07. The van der Waals surface area contributed by atoms with Crippen molar-refractivity contribution in [3.63, 3.8) is 0 Å². The van der Waals surface area contributed by atoms with Crippen molar-refractivity contribution in [2.45, 2.75) is 70.9 Å². The molecule has 0 aromatic rings. The summed E-state index contributed by atoms with van der Waals surface area (Å²) in [6, 6.07) is -0.317. The number of allylic oxidation sites excluding steroid dienone is 1. The SMILES string of the molecule is C/C=C/CN1C(=O)C(C2CCCCC2)NC(=O)C1(C)CC. The molecule has 1 N–H and O–H groups in total. The van der Waals surface area contributed by atoms with Crippen LogP contribution in [0.1, 0.15) is 59.3 Å². The molecule has 1 aliphatic heterocycles. The zero-order chi connectivity index (χ0) is 15.5. The first kappa shape index (κ1) is 16.1.